The number of nitrogen functional groups attached to an aromatic ring is 2. The Balaban J connectivity index is 1.56. The van der Waals surface area contributed by atoms with Crippen LogP contribution < -0.4 is 27.9 Å². The van der Waals surface area contributed by atoms with Crippen LogP contribution in [0.15, 0.2) is 28.9 Å². The van der Waals surface area contributed by atoms with Gasteiger partial charge in [0, 0.05) is 25.3 Å². The van der Waals surface area contributed by atoms with Crippen molar-refractivity contribution in [1.29, 1.82) is 0 Å². The Kier molecular flexibility index (Phi) is 7.64. The zero-order valence-corrected chi connectivity index (χ0v) is 20.1. The van der Waals surface area contributed by atoms with E-state index in [1.807, 2.05) is 0 Å². The number of aliphatic imine (C=N–C) groups is 1. The van der Waals surface area contributed by atoms with E-state index in [0.717, 1.165) is 11.1 Å². The minimum Gasteiger partial charge on any atom is -0.382 e. The monoisotopic (exact) mass is 530 g/mol. The van der Waals surface area contributed by atoms with Crippen LogP contribution in [-0.2, 0) is 4.79 Å². The lowest BCUT2D eigenvalue weighted by Gasteiger charge is -2.39. The Labute approximate surface area is 209 Å². The number of amides is 2. The fourth-order valence-electron chi connectivity index (χ4n) is 3.69. The number of halogens is 4. The van der Waals surface area contributed by atoms with Crippen molar-refractivity contribution in [3.63, 3.8) is 0 Å². The first kappa shape index (κ1) is 27.0. The minimum absolute atomic E-state index is 0.0547. The number of hydrogen-bond acceptors (Lipinski definition) is 8. The van der Waals surface area contributed by atoms with E-state index in [0.29, 0.717) is 32.5 Å². The number of likely N-dealkylation sites (tertiary alicyclic amines) is 1. The molecule has 3 rings (SSSR count). The van der Waals surface area contributed by atoms with Crippen LogP contribution in [0.3, 0.4) is 0 Å². The fraction of sp³-hybridized carbons (Fsp3) is 0.450. The summed E-state index contributed by atoms with van der Waals surface area (Å²) < 4.78 is 38.0. The molecule has 2 saturated heterocycles. The van der Waals surface area contributed by atoms with Gasteiger partial charge in [0.2, 0.25) is 5.91 Å². The average Bonchev–Trinajstić information content (AvgIpc) is 3.17. The van der Waals surface area contributed by atoms with Gasteiger partial charge < -0.3 is 32.0 Å². The molecule has 36 heavy (non-hydrogen) atoms. The number of carbonyl (C=O) groups excluding carboxylic acids is 2. The Morgan fingerprint density at radius 1 is 1.28 bits per heavy atom. The lowest BCUT2D eigenvalue weighted by Crippen LogP contribution is -2.55. The highest BCUT2D eigenvalue weighted by atomic mass is 35.5. The normalized spacial score (nSPS) is 18.7. The molecule has 0 aliphatic carbocycles. The molecule has 0 radical (unpaired) electrons. The molecule has 1 aromatic rings. The van der Waals surface area contributed by atoms with Crippen molar-refractivity contribution in [1.82, 2.24) is 30.5 Å². The number of anilines is 2. The number of guanidine groups is 1. The Morgan fingerprint density at radius 3 is 2.53 bits per heavy atom. The molecular weight excluding hydrogens is 505 g/mol. The molecule has 0 bridgehead atoms. The minimum atomic E-state index is -4.58. The number of nitrogens with two attached hydrogens (primary N) is 3. The van der Waals surface area contributed by atoms with Gasteiger partial charge in [0.15, 0.2) is 28.4 Å². The van der Waals surface area contributed by atoms with Gasteiger partial charge in [-0.1, -0.05) is 18.2 Å². The lowest BCUT2D eigenvalue weighted by atomic mass is 9.88. The first-order valence-corrected chi connectivity index (χ1v) is 11.1. The molecule has 0 saturated carbocycles. The van der Waals surface area contributed by atoms with Gasteiger partial charge >= 0.3 is 12.1 Å². The Bertz CT molecular complexity index is 1130. The van der Waals surface area contributed by atoms with Gasteiger partial charge in [0.1, 0.15) is 6.54 Å². The fourth-order valence-corrected chi connectivity index (χ4v) is 3.81. The number of alkyl halides is 3. The van der Waals surface area contributed by atoms with Gasteiger partial charge in [-0.2, -0.15) is 18.2 Å². The van der Waals surface area contributed by atoms with E-state index in [2.05, 4.69) is 32.2 Å². The van der Waals surface area contributed by atoms with Gasteiger partial charge in [-0.15, -0.1) is 0 Å². The molecule has 196 valence electrons. The van der Waals surface area contributed by atoms with Gasteiger partial charge in [0.25, 0.3) is 0 Å². The number of nitrogens with zero attached hydrogens (tertiary/aromatic N) is 5. The molecule has 2 fully saturated rings. The van der Waals surface area contributed by atoms with E-state index in [1.54, 1.807) is 4.90 Å². The summed E-state index contributed by atoms with van der Waals surface area (Å²) in [5, 5.41) is 6.98. The molecule has 1 aromatic heterocycles. The summed E-state index contributed by atoms with van der Waals surface area (Å²) >= 11 is 5.81. The van der Waals surface area contributed by atoms with Crippen molar-refractivity contribution >= 4 is 41.0 Å². The van der Waals surface area contributed by atoms with E-state index in [9.17, 15) is 22.8 Å². The van der Waals surface area contributed by atoms with Crippen LogP contribution in [0.5, 0.6) is 0 Å². The highest BCUT2D eigenvalue weighted by molar-refractivity contribution is 6.31. The van der Waals surface area contributed by atoms with Gasteiger partial charge in [0.05, 0.1) is 11.1 Å². The molecule has 16 heteroatoms. The molecule has 0 atom stereocenters. The summed E-state index contributed by atoms with van der Waals surface area (Å²) in [5.74, 6) is 4.59. The number of hydrazine groups is 1. The molecule has 8 N–H and O–H groups in total. The van der Waals surface area contributed by atoms with E-state index >= 15 is 0 Å². The third kappa shape index (κ3) is 6.15. The summed E-state index contributed by atoms with van der Waals surface area (Å²) in [4.78, 5) is 38.2. The number of aromatic nitrogens is 2. The second-order valence-corrected chi connectivity index (χ2v) is 8.83. The van der Waals surface area contributed by atoms with Crippen LogP contribution in [-0.4, -0.2) is 75.5 Å². The van der Waals surface area contributed by atoms with Crippen LogP contribution in [0.4, 0.5) is 24.8 Å². The lowest BCUT2D eigenvalue weighted by molar-refractivity contribution is -0.133. The predicted molar refractivity (Wildman–Crippen MR) is 127 cm³/mol. The maximum absolute atomic E-state index is 12.7. The maximum Gasteiger partial charge on any atom is 0.415 e. The molecule has 1 spiro atoms. The van der Waals surface area contributed by atoms with E-state index < -0.39 is 23.2 Å². The summed E-state index contributed by atoms with van der Waals surface area (Å²) in [7, 11) is 0. The van der Waals surface area contributed by atoms with Crippen molar-refractivity contribution < 1.29 is 22.8 Å². The topological polar surface area (TPSA) is 181 Å². The first-order valence-electron chi connectivity index (χ1n) is 10.7. The van der Waals surface area contributed by atoms with Crippen molar-refractivity contribution in [2.24, 2.45) is 10.8 Å². The van der Waals surface area contributed by atoms with E-state index in [-0.39, 0.29) is 46.6 Å². The number of hydrogen-bond donors (Lipinski definition) is 5. The molecular formula is C20H26ClF3N10O2. The largest absolute Gasteiger partial charge is 0.415 e. The summed E-state index contributed by atoms with van der Waals surface area (Å²) in [5.41, 5.74) is 9.51. The van der Waals surface area contributed by atoms with E-state index in [1.165, 1.54) is 6.92 Å². The zero-order chi connectivity index (χ0) is 26.8. The highest BCUT2D eigenvalue weighted by Crippen LogP contribution is 2.27. The molecule has 12 nitrogen and oxygen atoms in total. The molecule has 3 heterocycles. The van der Waals surface area contributed by atoms with Crippen LogP contribution in [0.2, 0.25) is 5.15 Å². The van der Waals surface area contributed by atoms with Crippen molar-refractivity contribution in [2.45, 2.75) is 31.5 Å². The van der Waals surface area contributed by atoms with Gasteiger partial charge in [-0.25, -0.2) is 15.8 Å². The highest BCUT2D eigenvalue weighted by Gasteiger charge is 2.41. The summed E-state index contributed by atoms with van der Waals surface area (Å²) in [6, 6.07) is 0. The molecule has 0 unspecified atom stereocenters. The SMILES string of the molecule is C=C(/C=C(/C)N(N)CC(=O)N1CCC2(CC1)CN/C(=N\C(=O)c1nc(Cl)c(N)nc1N)N2)C(F)(F)F. The summed E-state index contributed by atoms with van der Waals surface area (Å²) in [6.07, 6.45) is -2.74. The molecule has 0 aromatic carbocycles. The van der Waals surface area contributed by atoms with Crippen molar-refractivity contribution in [2.75, 3.05) is 37.6 Å². The first-order chi connectivity index (χ1) is 16.7. The van der Waals surface area contributed by atoms with Gasteiger partial charge in [-0.3, -0.25) is 9.59 Å². The zero-order valence-electron chi connectivity index (χ0n) is 19.3. The third-order valence-electron chi connectivity index (χ3n) is 5.88. The standard InChI is InChI=1S/C20H26ClF3N10O2/c1-10(20(22,23)24)7-11(2)34(27)8-12(35)33-5-3-19(4-6-33)9-28-18(32-19)31-17(36)13-15(25)30-16(26)14(21)29-13/h7H,1,3-6,8-9,27H2,2H3,(H4,25,26,30)(H2,28,31,32,36)/b11-7-. The smallest absolute Gasteiger partial charge is 0.382 e. The van der Waals surface area contributed by atoms with Gasteiger partial charge in [-0.05, 0) is 25.8 Å². The van der Waals surface area contributed by atoms with E-state index in [4.69, 9.17) is 28.9 Å². The van der Waals surface area contributed by atoms with Crippen LogP contribution >= 0.6 is 11.6 Å². The van der Waals surface area contributed by atoms with Crippen LogP contribution in [0.25, 0.3) is 0 Å². The number of allylic oxidation sites excluding steroid dienone is 3. The predicted octanol–water partition coefficient (Wildman–Crippen LogP) is 0.543. The number of carbonyl (C=O) groups is 2. The van der Waals surface area contributed by atoms with Crippen molar-refractivity contribution in [3.8, 4) is 0 Å². The van der Waals surface area contributed by atoms with Crippen molar-refractivity contribution in [3.05, 3.63) is 34.8 Å². The average molecular weight is 531 g/mol. The maximum atomic E-state index is 12.7. The number of rotatable bonds is 5. The molecule has 2 amide bonds. The molecule has 2 aliphatic rings. The number of piperidine rings is 1. The number of nitrogens with one attached hydrogen (secondary N) is 2. The Hall–Kier alpha value is -3.59. The molecule has 2 aliphatic heterocycles. The van der Waals surface area contributed by atoms with Crippen LogP contribution in [0.1, 0.15) is 30.3 Å². The summed E-state index contributed by atoms with van der Waals surface area (Å²) in [6.45, 7) is 5.23. The quantitative estimate of drug-likeness (QED) is 0.205. The Morgan fingerprint density at radius 2 is 1.92 bits per heavy atom. The second kappa shape index (κ2) is 10.2. The third-order valence-corrected chi connectivity index (χ3v) is 6.16. The van der Waals surface area contributed by atoms with Crippen LogP contribution in [0, 0.1) is 0 Å². The second-order valence-electron chi connectivity index (χ2n) is 8.48.